The molecule has 0 saturated heterocycles. The van der Waals surface area contributed by atoms with Gasteiger partial charge in [-0.15, -0.1) is 0 Å². The Bertz CT molecular complexity index is 477. The summed E-state index contributed by atoms with van der Waals surface area (Å²) >= 11 is 0. The molecule has 1 aromatic carbocycles. The van der Waals surface area contributed by atoms with E-state index in [0.717, 1.165) is 0 Å². The second-order valence-corrected chi connectivity index (χ2v) is 6.84. The normalized spacial score (nSPS) is 15.2. The molecule has 0 heterocycles. The molecular weight excluding hydrogens is 244 g/mol. The van der Waals surface area contributed by atoms with Gasteiger partial charge in [0.2, 0.25) is 0 Å². The second kappa shape index (κ2) is 6.90. The molecule has 1 aliphatic carbocycles. The summed E-state index contributed by atoms with van der Waals surface area (Å²) in [6, 6.07) is 9.29. The maximum absolute atomic E-state index is 2.44. The van der Waals surface area contributed by atoms with Crippen molar-refractivity contribution >= 4 is 15.8 Å². The zero-order chi connectivity index (χ0) is 13.7. The molecule has 0 saturated carbocycles. The Morgan fingerprint density at radius 3 is 2.37 bits per heavy atom. The topological polar surface area (TPSA) is 0 Å². The average Bonchev–Trinajstić information content (AvgIpc) is 2.79. The quantitative estimate of drug-likeness (QED) is 0.678. The van der Waals surface area contributed by atoms with Crippen LogP contribution >= 0.6 is 0 Å². The number of hydrogen-bond donors (Lipinski definition) is 0. The zero-order valence-electron chi connectivity index (χ0n) is 12.6. The van der Waals surface area contributed by atoms with E-state index in [1.807, 2.05) is 0 Å². The molecule has 0 bridgehead atoms. The molecule has 0 fully saturated rings. The molecule has 0 N–H and O–H groups in total. The highest BCUT2D eigenvalue weighted by molar-refractivity contribution is 6.24. The smallest absolute Gasteiger partial charge is 0.0341 e. The Hall–Kier alpha value is -1.08. The summed E-state index contributed by atoms with van der Waals surface area (Å²) in [6.07, 6.45) is 9.95. The van der Waals surface area contributed by atoms with Crippen molar-refractivity contribution in [2.75, 3.05) is 0 Å². The number of rotatable bonds is 6. The Labute approximate surface area is 121 Å². The minimum atomic E-state index is 1.20. The van der Waals surface area contributed by atoms with Crippen LogP contribution in [-0.2, 0) is 6.42 Å². The summed E-state index contributed by atoms with van der Waals surface area (Å²) in [4.78, 5) is 0. The monoisotopic (exact) mass is 270 g/mol. The van der Waals surface area contributed by atoms with Crippen molar-refractivity contribution < 1.29 is 0 Å². The lowest BCUT2D eigenvalue weighted by Crippen LogP contribution is -1.92. The Morgan fingerprint density at radius 2 is 1.74 bits per heavy atom. The summed E-state index contributed by atoms with van der Waals surface area (Å²) in [7, 11) is 1.22. The van der Waals surface area contributed by atoms with E-state index in [0.29, 0.717) is 0 Å². The van der Waals surface area contributed by atoms with Crippen LogP contribution in [0.15, 0.2) is 41.1 Å². The van der Waals surface area contributed by atoms with Gasteiger partial charge >= 0.3 is 0 Å². The van der Waals surface area contributed by atoms with Gasteiger partial charge in [0, 0.05) is 10.2 Å². The van der Waals surface area contributed by atoms with E-state index in [9.17, 15) is 0 Å². The third-order valence-corrected chi connectivity index (χ3v) is 5.05. The summed E-state index contributed by atoms with van der Waals surface area (Å²) in [5.74, 6) is 0. The van der Waals surface area contributed by atoms with Gasteiger partial charge < -0.3 is 0 Å². The fourth-order valence-electron chi connectivity index (χ4n) is 2.85. The van der Waals surface area contributed by atoms with Gasteiger partial charge in [-0.2, -0.15) is 0 Å². The first kappa shape index (κ1) is 14.3. The second-order valence-electron chi connectivity index (χ2n) is 5.63. The SMILES string of the molecule is CCCCc1ccc(C2=CCC([SiH3])=C2CCC)cc1. The third kappa shape index (κ3) is 3.47. The van der Waals surface area contributed by atoms with Crippen LogP contribution in [0, 0.1) is 0 Å². The fourth-order valence-corrected chi connectivity index (χ4v) is 3.58. The van der Waals surface area contributed by atoms with Gasteiger partial charge in [-0.1, -0.05) is 62.2 Å². The molecule has 0 radical (unpaired) electrons. The van der Waals surface area contributed by atoms with E-state index >= 15 is 0 Å². The molecule has 102 valence electrons. The highest BCUT2D eigenvalue weighted by Crippen LogP contribution is 2.35. The molecule has 1 aromatic rings. The summed E-state index contributed by atoms with van der Waals surface area (Å²) < 4.78 is 0. The number of benzene rings is 1. The van der Waals surface area contributed by atoms with Gasteiger partial charge in [0.05, 0.1) is 0 Å². The molecule has 1 aliphatic rings. The molecule has 19 heavy (non-hydrogen) atoms. The summed E-state index contributed by atoms with van der Waals surface area (Å²) in [5.41, 5.74) is 6.08. The zero-order valence-corrected chi connectivity index (χ0v) is 14.6. The number of unbranched alkanes of at least 4 members (excludes halogenated alkanes) is 1. The maximum Gasteiger partial charge on any atom is 0.0341 e. The van der Waals surface area contributed by atoms with Crippen LogP contribution < -0.4 is 0 Å². The molecule has 0 aliphatic heterocycles. The molecule has 0 amide bonds. The molecular formula is C18H26Si. The van der Waals surface area contributed by atoms with Crippen LogP contribution in [-0.4, -0.2) is 10.2 Å². The minimum Gasteiger partial charge on any atom is -0.0843 e. The summed E-state index contributed by atoms with van der Waals surface area (Å²) in [5, 5.41) is 1.70. The average molecular weight is 270 g/mol. The van der Waals surface area contributed by atoms with Crippen LogP contribution in [0.1, 0.15) is 57.1 Å². The standard InChI is InChI=1S/C18H26Si/c1-3-5-7-14-8-10-15(11-9-14)16-12-13-18(19)17(16)6-4-2/h8-12H,3-7,13H2,1-2,19H3. The van der Waals surface area contributed by atoms with Gasteiger partial charge in [0.1, 0.15) is 0 Å². The predicted molar refractivity (Wildman–Crippen MR) is 89.5 cm³/mol. The molecule has 0 atom stereocenters. The van der Waals surface area contributed by atoms with Gasteiger partial charge in [-0.25, -0.2) is 0 Å². The third-order valence-electron chi connectivity index (χ3n) is 4.04. The minimum absolute atomic E-state index is 1.20. The fraction of sp³-hybridized carbons (Fsp3) is 0.444. The van der Waals surface area contributed by atoms with Gasteiger partial charge in [0.15, 0.2) is 0 Å². The van der Waals surface area contributed by atoms with Crippen molar-refractivity contribution in [2.45, 2.75) is 52.4 Å². The van der Waals surface area contributed by atoms with Crippen LogP contribution in [0.4, 0.5) is 0 Å². The highest BCUT2D eigenvalue weighted by atomic mass is 28.1. The number of allylic oxidation sites excluding steroid dienone is 4. The first-order valence-corrected chi connectivity index (χ1v) is 8.74. The predicted octanol–water partition coefficient (Wildman–Crippen LogP) is 4.24. The lowest BCUT2D eigenvalue weighted by molar-refractivity contribution is 0.795. The Kier molecular flexibility index (Phi) is 5.21. The molecule has 1 heteroatoms. The first-order valence-electron chi connectivity index (χ1n) is 7.74. The van der Waals surface area contributed by atoms with Crippen LogP contribution in [0.5, 0.6) is 0 Å². The van der Waals surface area contributed by atoms with Crippen molar-refractivity contribution in [3.63, 3.8) is 0 Å². The lowest BCUT2D eigenvalue weighted by Gasteiger charge is -2.11. The van der Waals surface area contributed by atoms with E-state index in [2.05, 4.69) is 44.2 Å². The Balaban J connectivity index is 2.14. The first-order chi connectivity index (χ1) is 9.26. The van der Waals surface area contributed by atoms with Gasteiger partial charge in [0.25, 0.3) is 0 Å². The molecule has 0 nitrogen and oxygen atoms in total. The van der Waals surface area contributed by atoms with E-state index < -0.39 is 0 Å². The van der Waals surface area contributed by atoms with Crippen molar-refractivity contribution in [1.29, 1.82) is 0 Å². The van der Waals surface area contributed by atoms with E-state index in [-0.39, 0.29) is 0 Å². The Morgan fingerprint density at radius 1 is 1.00 bits per heavy atom. The van der Waals surface area contributed by atoms with Crippen LogP contribution in [0.3, 0.4) is 0 Å². The summed E-state index contributed by atoms with van der Waals surface area (Å²) in [6.45, 7) is 4.54. The van der Waals surface area contributed by atoms with Crippen molar-refractivity contribution in [3.8, 4) is 0 Å². The van der Waals surface area contributed by atoms with E-state index in [4.69, 9.17) is 0 Å². The van der Waals surface area contributed by atoms with Crippen LogP contribution in [0.25, 0.3) is 5.57 Å². The van der Waals surface area contributed by atoms with E-state index in [1.165, 1.54) is 65.5 Å². The molecule has 0 aromatic heterocycles. The molecule has 0 spiro atoms. The van der Waals surface area contributed by atoms with Crippen molar-refractivity contribution in [3.05, 3.63) is 52.2 Å². The lowest BCUT2D eigenvalue weighted by atomic mass is 9.96. The van der Waals surface area contributed by atoms with Gasteiger partial charge in [-0.3, -0.25) is 0 Å². The largest absolute Gasteiger partial charge is 0.0843 e. The molecule has 0 unspecified atom stereocenters. The van der Waals surface area contributed by atoms with Crippen molar-refractivity contribution in [1.82, 2.24) is 0 Å². The molecule has 2 rings (SSSR count). The maximum atomic E-state index is 2.44. The van der Waals surface area contributed by atoms with Gasteiger partial charge in [-0.05, 0) is 48.0 Å². The van der Waals surface area contributed by atoms with Crippen molar-refractivity contribution in [2.24, 2.45) is 0 Å². The number of hydrogen-bond acceptors (Lipinski definition) is 0. The van der Waals surface area contributed by atoms with Crippen LogP contribution in [0.2, 0.25) is 0 Å². The van der Waals surface area contributed by atoms with E-state index in [1.54, 1.807) is 10.8 Å². The number of aryl methyl sites for hydroxylation is 1. The highest BCUT2D eigenvalue weighted by Gasteiger charge is 2.15.